The topological polar surface area (TPSA) is 50.4 Å². The Balaban J connectivity index is 0.00000220. The van der Waals surface area contributed by atoms with Gasteiger partial charge in [0, 0.05) is 13.1 Å². The van der Waals surface area contributed by atoms with Gasteiger partial charge in [-0.25, -0.2) is 0 Å². The van der Waals surface area contributed by atoms with Crippen LogP contribution in [-0.2, 0) is 11.2 Å². The van der Waals surface area contributed by atoms with Crippen molar-refractivity contribution in [3.05, 3.63) is 29.8 Å². The van der Waals surface area contributed by atoms with Crippen molar-refractivity contribution in [1.29, 1.82) is 0 Å². The molecular weight excluding hydrogens is 288 g/mol. The molecule has 0 bridgehead atoms. The van der Waals surface area contributed by atoms with Crippen LogP contribution in [0.1, 0.15) is 25.3 Å². The average Bonchev–Trinajstić information content (AvgIpc) is 2.50. The summed E-state index contributed by atoms with van der Waals surface area (Å²) < 4.78 is 5.59. The summed E-state index contributed by atoms with van der Waals surface area (Å²) in [6.45, 7) is 5.15. The van der Waals surface area contributed by atoms with Gasteiger partial charge in [0.25, 0.3) is 0 Å². The summed E-state index contributed by atoms with van der Waals surface area (Å²) in [5.74, 6) is 1.22. The molecule has 0 saturated carbocycles. The Morgan fingerprint density at radius 1 is 1.43 bits per heavy atom. The number of rotatable bonds is 6. The van der Waals surface area contributed by atoms with Crippen LogP contribution < -0.4 is 15.4 Å². The minimum atomic E-state index is 0. The number of para-hydroxylation sites is 1. The maximum absolute atomic E-state index is 12.0. The summed E-state index contributed by atoms with van der Waals surface area (Å²) in [4.78, 5) is 12.0. The van der Waals surface area contributed by atoms with Crippen LogP contribution in [-0.4, -0.2) is 32.1 Å². The summed E-state index contributed by atoms with van der Waals surface area (Å²) in [5, 5.41) is 6.30. The first-order valence-electron chi connectivity index (χ1n) is 7.50. The van der Waals surface area contributed by atoms with Gasteiger partial charge in [0.15, 0.2) is 0 Å². The van der Waals surface area contributed by atoms with Gasteiger partial charge in [0.2, 0.25) is 5.91 Å². The zero-order valence-corrected chi connectivity index (χ0v) is 13.4. The standard InChI is InChI=1S/C16H24N2O2.ClH/c1-2-20-15-8-4-3-6-13(15)9-11-18-16(19)14-7-5-10-17-12-14;/h3-4,6,8,14,17H,2,5,7,9-12H2,1H3,(H,18,19);1H. The highest BCUT2D eigenvalue weighted by Gasteiger charge is 2.20. The first-order valence-corrected chi connectivity index (χ1v) is 7.50. The van der Waals surface area contributed by atoms with Gasteiger partial charge in [-0.3, -0.25) is 4.79 Å². The van der Waals surface area contributed by atoms with Gasteiger partial charge in [-0.2, -0.15) is 0 Å². The van der Waals surface area contributed by atoms with Crippen LogP contribution in [0, 0.1) is 5.92 Å². The average molecular weight is 313 g/mol. The molecule has 1 atom stereocenters. The van der Waals surface area contributed by atoms with Crippen molar-refractivity contribution >= 4 is 18.3 Å². The normalized spacial score (nSPS) is 17.7. The van der Waals surface area contributed by atoms with Crippen LogP contribution >= 0.6 is 12.4 Å². The van der Waals surface area contributed by atoms with Crippen molar-refractivity contribution in [3.63, 3.8) is 0 Å². The molecule has 1 heterocycles. The summed E-state index contributed by atoms with van der Waals surface area (Å²) in [7, 11) is 0. The fraction of sp³-hybridized carbons (Fsp3) is 0.562. The molecule has 0 aromatic heterocycles. The van der Waals surface area contributed by atoms with Gasteiger partial charge in [-0.1, -0.05) is 18.2 Å². The zero-order chi connectivity index (χ0) is 14.2. The Hall–Kier alpha value is -1.26. The van der Waals surface area contributed by atoms with Crippen LogP contribution in [0.3, 0.4) is 0 Å². The van der Waals surface area contributed by atoms with Crippen molar-refractivity contribution in [3.8, 4) is 5.75 Å². The molecule has 21 heavy (non-hydrogen) atoms. The van der Waals surface area contributed by atoms with Gasteiger partial charge < -0.3 is 15.4 Å². The molecule has 2 N–H and O–H groups in total. The van der Waals surface area contributed by atoms with Crippen LogP contribution in [0.25, 0.3) is 0 Å². The lowest BCUT2D eigenvalue weighted by Gasteiger charge is -2.22. The van der Waals surface area contributed by atoms with Gasteiger partial charge >= 0.3 is 0 Å². The minimum Gasteiger partial charge on any atom is -0.494 e. The molecule has 118 valence electrons. The smallest absolute Gasteiger partial charge is 0.224 e. The van der Waals surface area contributed by atoms with E-state index >= 15 is 0 Å². The third kappa shape index (κ3) is 5.56. The second-order valence-electron chi connectivity index (χ2n) is 5.13. The van der Waals surface area contributed by atoms with E-state index in [-0.39, 0.29) is 24.2 Å². The molecule has 2 rings (SSSR count). The maximum Gasteiger partial charge on any atom is 0.224 e. The molecule has 1 amide bonds. The van der Waals surface area contributed by atoms with Crippen LogP contribution in [0.4, 0.5) is 0 Å². The number of carbonyl (C=O) groups excluding carboxylic acids is 1. The zero-order valence-electron chi connectivity index (χ0n) is 12.6. The Labute approximate surface area is 133 Å². The second-order valence-corrected chi connectivity index (χ2v) is 5.13. The lowest BCUT2D eigenvalue weighted by atomic mass is 9.99. The predicted molar refractivity (Wildman–Crippen MR) is 87.2 cm³/mol. The predicted octanol–water partition coefficient (Wildman–Crippen LogP) is 2.17. The number of piperidine rings is 1. The molecule has 1 aliphatic heterocycles. The first-order chi connectivity index (χ1) is 9.81. The van der Waals surface area contributed by atoms with Crippen LogP contribution in [0.5, 0.6) is 5.75 Å². The van der Waals surface area contributed by atoms with Gasteiger partial charge in [0.1, 0.15) is 5.75 Å². The van der Waals surface area contributed by atoms with Crippen molar-refractivity contribution in [1.82, 2.24) is 10.6 Å². The van der Waals surface area contributed by atoms with E-state index in [0.29, 0.717) is 13.2 Å². The van der Waals surface area contributed by atoms with Crippen LogP contribution in [0.2, 0.25) is 0 Å². The number of hydrogen-bond donors (Lipinski definition) is 2. The third-order valence-electron chi connectivity index (χ3n) is 3.63. The molecule has 1 saturated heterocycles. The maximum atomic E-state index is 12.0. The van der Waals surface area contributed by atoms with E-state index in [4.69, 9.17) is 4.74 Å². The number of halogens is 1. The fourth-order valence-corrected chi connectivity index (χ4v) is 2.55. The molecule has 5 heteroatoms. The molecule has 0 spiro atoms. The van der Waals surface area contributed by atoms with Crippen molar-refractivity contribution in [2.24, 2.45) is 5.92 Å². The van der Waals surface area contributed by atoms with Crippen molar-refractivity contribution in [2.45, 2.75) is 26.2 Å². The summed E-state index contributed by atoms with van der Waals surface area (Å²) in [6, 6.07) is 8.01. The van der Waals surface area contributed by atoms with E-state index < -0.39 is 0 Å². The van der Waals surface area contributed by atoms with E-state index in [0.717, 1.165) is 43.7 Å². The molecule has 1 unspecified atom stereocenters. The third-order valence-corrected chi connectivity index (χ3v) is 3.63. The molecule has 0 radical (unpaired) electrons. The van der Waals surface area contributed by atoms with Gasteiger partial charge in [0.05, 0.1) is 12.5 Å². The van der Waals surface area contributed by atoms with E-state index in [9.17, 15) is 4.79 Å². The van der Waals surface area contributed by atoms with E-state index in [2.05, 4.69) is 16.7 Å². The molecular formula is C16H25ClN2O2. The molecule has 1 aliphatic rings. The first kappa shape index (κ1) is 17.8. The Kier molecular flexibility index (Phi) is 8.16. The highest BCUT2D eigenvalue weighted by atomic mass is 35.5. The van der Waals surface area contributed by atoms with E-state index in [1.807, 2.05) is 25.1 Å². The summed E-state index contributed by atoms with van der Waals surface area (Å²) >= 11 is 0. The molecule has 4 nitrogen and oxygen atoms in total. The molecule has 0 aliphatic carbocycles. The largest absolute Gasteiger partial charge is 0.494 e. The number of ether oxygens (including phenoxy) is 1. The second kappa shape index (κ2) is 9.64. The number of amides is 1. The fourth-order valence-electron chi connectivity index (χ4n) is 2.55. The number of nitrogens with one attached hydrogen (secondary N) is 2. The number of carbonyl (C=O) groups is 1. The van der Waals surface area contributed by atoms with E-state index in [1.54, 1.807) is 0 Å². The molecule has 1 aromatic rings. The van der Waals surface area contributed by atoms with Crippen LogP contribution in [0.15, 0.2) is 24.3 Å². The number of hydrogen-bond acceptors (Lipinski definition) is 3. The Morgan fingerprint density at radius 2 is 2.24 bits per heavy atom. The quantitative estimate of drug-likeness (QED) is 0.846. The lowest BCUT2D eigenvalue weighted by Crippen LogP contribution is -2.41. The monoisotopic (exact) mass is 312 g/mol. The molecule has 1 aromatic carbocycles. The minimum absolute atomic E-state index is 0. The van der Waals surface area contributed by atoms with E-state index in [1.165, 1.54) is 0 Å². The lowest BCUT2D eigenvalue weighted by molar-refractivity contribution is -0.125. The SMILES string of the molecule is CCOc1ccccc1CCNC(=O)C1CCCNC1.Cl. The molecule has 1 fully saturated rings. The van der Waals surface area contributed by atoms with Gasteiger partial charge in [-0.15, -0.1) is 12.4 Å². The number of benzene rings is 1. The van der Waals surface area contributed by atoms with Crippen molar-refractivity contribution < 1.29 is 9.53 Å². The van der Waals surface area contributed by atoms with Crippen molar-refractivity contribution in [2.75, 3.05) is 26.2 Å². The summed E-state index contributed by atoms with van der Waals surface area (Å²) in [5.41, 5.74) is 1.15. The highest BCUT2D eigenvalue weighted by molar-refractivity contribution is 5.85. The Morgan fingerprint density at radius 3 is 2.95 bits per heavy atom. The highest BCUT2D eigenvalue weighted by Crippen LogP contribution is 2.18. The Bertz CT molecular complexity index is 434. The van der Waals surface area contributed by atoms with Gasteiger partial charge in [-0.05, 0) is 44.4 Å². The summed E-state index contributed by atoms with van der Waals surface area (Å²) in [6.07, 6.45) is 2.89.